The fourth-order valence-electron chi connectivity index (χ4n) is 0.555. The van der Waals surface area contributed by atoms with Gasteiger partial charge in [0.25, 0.3) is 0 Å². The van der Waals surface area contributed by atoms with Gasteiger partial charge in [-0.25, -0.2) is 10.0 Å². The maximum absolute atomic E-state index is 10.7. The first kappa shape index (κ1) is 14.4. The first-order valence-electron chi connectivity index (χ1n) is 3.53. The standard InChI is InChI=1S/C7H16N2O2.BrH/c1-8(2)9(3)6-5-7(10)11-4;/h5-6H2,1-4H3;1H. The molecular formula is C7H17BrN2O2. The number of carbonyl (C=O) groups is 1. The molecule has 0 aliphatic carbocycles. The molecule has 0 saturated heterocycles. The number of hydrogen-bond acceptors (Lipinski definition) is 4. The molecular weight excluding hydrogens is 224 g/mol. The Labute approximate surface area is 84.2 Å². The topological polar surface area (TPSA) is 32.8 Å². The van der Waals surface area contributed by atoms with Crippen molar-refractivity contribution in [1.82, 2.24) is 10.0 Å². The summed E-state index contributed by atoms with van der Waals surface area (Å²) in [5.41, 5.74) is 0. The molecule has 0 heterocycles. The lowest BCUT2D eigenvalue weighted by atomic mass is 10.4. The molecule has 0 rings (SSSR count). The monoisotopic (exact) mass is 240 g/mol. The van der Waals surface area contributed by atoms with E-state index in [0.29, 0.717) is 13.0 Å². The van der Waals surface area contributed by atoms with Crippen molar-refractivity contribution >= 4 is 23.0 Å². The van der Waals surface area contributed by atoms with Gasteiger partial charge in [-0.2, -0.15) is 0 Å². The van der Waals surface area contributed by atoms with Crippen LogP contribution < -0.4 is 0 Å². The fraction of sp³-hybridized carbons (Fsp3) is 0.857. The predicted molar refractivity (Wildman–Crippen MR) is 53.3 cm³/mol. The molecule has 0 aliphatic heterocycles. The lowest BCUT2D eigenvalue weighted by Gasteiger charge is -2.23. The van der Waals surface area contributed by atoms with Crippen LogP contribution in [0.5, 0.6) is 0 Å². The van der Waals surface area contributed by atoms with Crippen LogP contribution in [-0.2, 0) is 9.53 Å². The molecule has 0 aliphatic rings. The molecule has 0 aromatic carbocycles. The second-order valence-electron chi connectivity index (χ2n) is 2.55. The third kappa shape index (κ3) is 6.57. The van der Waals surface area contributed by atoms with Gasteiger partial charge in [0.1, 0.15) is 0 Å². The Kier molecular flexibility index (Phi) is 9.02. The Bertz CT molecular complexity index is 131. The highest BCUT2D eigenvalue weighted by Crippen LogP contribution is 1.90. The van der Waals surface area contributed by atoms with E-state index in [1.54, 1.807) is 0 Å². The van der Waals surface area contributed by atoms with Gasteiger partial charge in [-0.05, 0) is 0 Å². The van der Waals surface area contributed by atoms with Gasteiger partial charge < -0.3 is 4.74 Å². The highest BCUT2D eigenvalue weighted by molar-refractivity contribution is 8.93. The molecule has 5 heteroatoms. The van der Waals surface area contributed by atoms with Crippen molar-refractivity contribution < 1.29 is 9.53 Å². The van der Waals surface area contributed by atoms with Gasteiger partial charge in [-0.15, -0.1) is 17.0 Å². The van der Waals surface area contributed by atoms with Gasteiger partial charge >= 0.3 is 5.97 Å². The molecule has 0 N–H and O–H groups in total. The molecule has 0 fully saturated rings. The highest BCUT2D eigenvalue weighted by Gasteiger charge is 2.04. The molecule has 0 radical (unpaired) electrons. The van der Waals surface area contributed by atoms with E-state index in [2.05, 4.69) is 4.74 Å². The van der Waals surface area contributed by atoms with E-state index in [4.69, 9.17) is 0 Å². The van der Waals surface area contributed by atoms with Crippen LogP contribution in [-0.4, -0.2) is 50.8 Å². The molecule has 0 bridgehead atoms. The number of methoxy groups -OCH3 is 1. The number of hydrogen-bond donors (Lipinski definition) is 0. The van der Waals surface area contributed by atoms with Crippen LogP contribution in [0.25, 0.3) is 0 Å². The van der Waals surface area contributed by atoms with Crippen molar-refractivity contribution in [3.63, 3.8) is 0 Å². The molecule has 12 heavy (non-hydrogen) atoms. The minimum Gasteiger partial charge on any atom is -0.469 e. The third-order valence-electron chi connectivity index (χ3n) is 1.55. The van der Waals surface area contributed by atoms with E-state index < -0.39 is 0 Å². The van der Waals surface area contributed by atoms with Crippen molar-refractivity contribution in [2.75, 3.05) is 34.8 Å². The van der Waals surface area contributed by atoms with Crippen molar-refractivity contribution in [2.45, 2.75) is 6.42 Å². The normalized spacial score (nSPS) is 9.83. The predicted octanol–water partition coefficient (Wildman–Crippen LogP) is 0.536. The van der Waals surface area contributed by atoms with Crippen molar-refractivity contribution in [1.29, 1.82) is 0 Å². The second kappa shape index (κ2) is 7.52. The van der Waals surface area contributed by atoms with E-state index in [-0.39, 0.29) is 23.0 Å². The van der Waals surface area contributed by atoms with Gasteiger partial charge in [0.2, 0.25) is 0 Å². The maximum atomic E-state index is 10.7. The minimum absolute atomic E-state index is 0. The van der Waals surface area contributed by atoms with Crippen LogP contribution >= 0.6 is 17.0 Å². The Morgan fingerprint density at radius 2 is 1.83 bits per heavy atom. The van der Waals surface area contributed by atoms with Gasteiger partial charge in [-0.3, -0.25) is 4.79 Å². The van der Waals surface area contributed by atoms with Gasteiger partial charge in [0, 0.05) is 27.7 Å². The van der Waals surface area contributed by atoms with Crippen LogP contribution in [0.4, 0.5) is 0 Å². The zero-order valence-corrected chi connectivity index (χ0v) is 9.75. The first-order chi connectivity index (χ1) is 5.07. The van der Waals surface area contributed by atoms with E-state index >= 15 is 0 Å². The summed E-state index contributed by atoms with van der Waals surface area (Å²) in [6.45, 7) is 0.694. The Morgan fingerprint density at radius 3 is 2.17 bits per heavy atom. The SMILES string of the molecule is Br.COC(=O)CCN(C)N(C)C. The molecule has 0 atom stereocenters. The van der Waals surface area contributed by atoms with Crippen LogP contribution in [0.2, 0.25) is 0 Å². The zero-order valence-electron chi connectivity index (χ0n) is 8.03. The summed E-state index contributed by atoms with van der Waals surface area (Å²) < 4.78 is 4.50. The number of esters is 1. The smallest absolute Gasteiger partial charge is 0.306 e. The van der Waals surface area contributed by atoms with E-state index in [9.17, 15) is 4.79 Å². The molecule has 74 valence electrons. The maximum Gasteiger partial charge on any atom is 0.306 e. The van der Waals surface area contributed by atoms with Crippen LogP contribution in [0.1, 0.15) is 6.42 Å². The van der Waals surface area contributed by atoms with Crippen LogP contribution in [0, 0.1) is 0 Å². The Hall–Kier alpha value is -0.130. The summed E-state index contributed by atoms with van der Waals surface area (Å²) in [6.07, 6.45) is 0.436. The number of carbonyl (C=O) groups excluding carboxylic acids is 1. The number of hydrazine groups is 1. The average molecular weight is 241 g/mol. The summed E-state index contributed by atoms with van der Waals surface area (Å²) in [6, 6.07) is 0. The minimum atomic E-state index is -0.168. The van der Waals surface area contributed by atoms with Crippen molar-refractivity contribution in [2.24, 2.45) is 0 Å². The first-order valence-corrected chi connectivity index (χ1v) is 3.53. The molecule has 0 aromatic rings. The lowest BCUT2D eigenvalue weighted by molar-refractivity contribution is -0.141. The lowest BCUT2D eigenvalue weighted by Crippen LogP contribution is -2.34. The molecule has 4 nitrogen and oxygen atoms in total. The summed E-state index contributed by atoms with van der Waals surface area (Å²) in [7, 11) is 7.18. The number of rotatable bonds is 4. The van der Waals surface area contributed by atoms with Crippen LogP contribution in [0.3, 0.4) is 0 Å². The summed E-state index contributed by atoms with van der Waals surface area (Å²) >= 11 is 0. The van der Waals surface area contributed by atoms with Crippen LogP contribution in [0.15, 0.2) is 0 Å². The molecule has 0 unspecified atom stereocenters. The fourth-order valence-corrected chi connectivity index (χ4v) is 0.555. The third-order valence-corrected chi connectivity index (χ3v) is 1.55. The van der Waals surface area contributed by atoms with Crippen molar-refractivity contribution in [3.8, 4) is 0 Å². The van der Waals surface area contributed by atoms with Crippen molar-refractivity contribution in [3.05, 3.63) is 0 Å². The summed E-state index contributed by atoms with van der Waals surface area (Å²) in [5, 5.41) is 3.86. The number of ether oxygens (including phenoxy) is 1. The van der Waals surface area contributed by atoms with Gasteiger partial charge in [0.15, 0.2) is 0 Å². The summed E-state index contributed by atoms with van der Waals surface area (Å²) in [4.78, 5) is 10.7. The van der Waals surface area contributed by atoms with E-state index in [1.165, 1.54) is 7.11 Å². The summed E-state index contributed by atoms with van der Waals surface area (Å²) in [5.74, 6) is -0.168. The Balaban J connectivity index is 0. The quantitative estimate of drug-likeness (QED) is 0.531. The molecule has 0 saturated carbocycles. The molecule has 0 aromatic heterocycles. The molecule has 0 amide bonds. The molecule has 0 spiro atoms. The average Bonchev–Trinajstić information content (AvgIpc) is 1.99. The number of nitrogens with zero attached hydrogens (tertiary/aromatic N) is 2. The van der Waals surface area contributed by atoms with Gasteiger partial charge in [-0.1, -0.05) is 0 Å². The zero-order chi connectivity index (χ0) is 8.85. The van der Waals surface area contributed by atoms with E-state index in [0.717, 1.165) is 0 Å². The largest absolute Gasteiger partial charge is 0.469 e. The second-order valence-corrected chi connectivity index (χ2v) is 2.55. The van der Waals surface area contributed by atoms with Gasteiger partial charge in [0.05, 0.1) is 13.5 Å². The Morgan fingerprint density at radius 1 is 1.33 bits per heavy atom. The van der Waals surface area contributed by atoms with E-state index in [1.807, 2.05) is 31.2 Å². The highest BCUT2D eigenvalue weighted by atomic mass is 79.9. The number of halogens is 1.